The van der Waals surface area contributed by atoms with Crippen LogP contribution in [0.1, 0.15) is 5.56 Å². The van der Waals surface area contributed by atoms with Crippen LogP contribution in [0.15, 0.2) is 48.2 Å². The maximum absolute atomic E-state index is 11.4. The number of carbonyl (C=O) groups is 1. The Morgan fingerprint density at radius 2 is 1.89 bits per heavy atom. The van der Waals surface area contributed by atoms with Gasteiger partial charge in [0, 0.05) is 7.05 Å². The van der Waals surface area contributed by atoms with Crippen LogP contribution in [0.25, 0.3) is 16.8 Å². The number of likely N-dealkylation sites (N-methyl/N-ethyl adjacent to an activating group) is 1. The van der Waals surface area contributed by atoms with E-state index < -0.39 is 0 Å². The van der Waals surface area contributed by atoms with E-state index in [1.165, 1.54) is 5.39 Å². The van der Waals surface area contributed by atoms with E-state index in [2.05, 4.69) is 16.8 Å². The van der Waals surface area contributed by atoms with Crippen LogP contribution in [-0.4, -0.2) is 13.0 Å². The molecule has 0 fully saturated rings. The molecule has 0 radical (unpaired) electrons. The van der Waals surface area contributed by atoms with Gasteiger partial charge in [0.2, 0.25) is 0 Å². The summed E-state index contributed by atoms with van der Waals surface area (Å²) in [4.78, 5) is 11.4. The lowest BCUT2D eigenvalue weighted by molar-refractivity contribution is -0.117. The Morgan fingerprint density at radius 1 is 1.17 bits per heavy atom. The Balaban J connectivity index is 2.41. The van der Waals surface area contributed by atoms with Crippen LogP contribution in [0.3, 0.4) is 0 Å². The monoisotopic (exact) mass is 241 g/mol. The minimum absolute atomic E-state index is 0.342. The topological polar surface area (TPSA) is 67.2 Å². The molecular weight excluding hydrogens is 226 g/mol. The number of carbonyl (C=O) groups excluding carboxylic acids is 1. The number of fused-ring (bicyclic) bond motifs is 1. The molecule has 18 heavy (non-hydrogen) atoms. The summed E-state index contributed by atoms with van der Waals surface area (Å²) in [6.07, 6.45) is 1.76. The van der Waals surface area contributed by atoms with Crippen molar-refractivity contribution in [2.75, 3.05) is 7.05 Å². The first kappa shape index (κ1) is 12.1. The fourth-order valence-electron chi connectivity index (χ4n) is 1.79. The molecular formula is C14H15N3O. The number of hydrogen-bond acceptors (Lipinski definition) is 3. The van der Waals surface area contributed by atoms with Gasteiger partial charge in [-0.05, 0) is 28.5 Å². The molecule has 2 rings (SSSR count). The largest absolute Gasteiger partial charge is 0.384 e. The highest BCUT2D eigenvalue weighted by molar-refractivity contribution is 5.97. The smallest absolute Gasteiger partial charge is 0.281 e. The Hall–Kier alpha value is -2.33. The van der Waals surface area contributed by atoms with E-state index in [9.17, 15) is 4.79 Å². The standard InChI is InChI=1S/C14H15N3O/c1-16-13(14(18)17-15)9-10-6-7-11-4-2-3-5-12(11)8-10/h2-9,16H,15H2,1H3,(H,17,18)/b13-9-. The van der Waals surface area contributed by atoms with Gasteiger partial charge in [0.05, 0.1) is 0 Å². The van der Waals surface area contributed by atoms with Gasteiger partial charge in [-0.3, -0.25) is 10.2 Å². The fraction of sp³-hybridized carbons (Fsp3) is 0.0714. The molecule has 4 nitrogen and oxygen atoms in total. The zero-order chi connectivity index (χ0) is 13.0. The number of rotatable bonds is 3. The van der Waals surface area contributed by atoms with Gasteiger partial charge in [0.1, 0.15) is 5.70 Å². The van der Waals surface area contributed by atoms with Crippen molar-refractivity contribution in [3.8, 4) is 0 Å². The van der Waals surface area contributed by atoms with Crippen LogP contribution in [0.4, 0.5) is 0 Å². The predicted octanol–water partition coefficient (Wildman–Crippen LogP) is 1.39. The molecule has 0 unspecified atom stereocenters. The lowest BCUT2D eigenvalue weighted by atomic mass is 10.1. The van der Waals surface area contributed by atoms with Crippen molar-refractivity contribution in [1.29, 1.82) is 0 Å². The third-order valence-corrected chi connectivity index (χ3v) is 2.73. The second-order valence-corrected chi connectivity index (χ2v) is 3.89. The van der Waals surface area contributed by atoms with Crippen molar-refractivity contribution in [1.82, 2.24) is 10.7 Å². The second-order valence-electron chi connectivity index (χ2n) is 3.89. The molecule has 0 aliphatic rings. The highest BCUT2D eigenvalue weighted by Gasteiger charge is 2.05. The van der Waals surface area contributed by atoms with Gasteiger partial charge in [0.15, 0.2) is 0 Å². The highest BCUT2D eigenvalue weighted by atomic mass is 16.2. The van der Waals surface area contributed by atoms with Crippen LogP contribution in [0.2, 0.25) is 0 Å². The van der Waals surface area contributed by atoms with Crippen LogP contribution >= 0.6 is 0 Å². The number of benzene rings is 2. The first-order valence-electron chi connectivity index (χ1n) is 5.64. The highest BCUT2D eigenvalue weighted by Crippen LogP contribution is 2.17. The van der Waals surface area contributed by atoms with E-state index in [4.69, 9.17) is 5.84 Å². The van der Waals surface area contributed by atoms with Gasteiger partial charge in [-0.2, -0.15) is 0 Å². The van der Waals surface area contributed by atoms with Gasteiger partial charge in [-0.1, -0.05) is 36.4 Å². The lowest BCUT2D eigenvalue weighted by Crippen LogP contribution is -2.35. The van der Waals surface area contributed by atoms with E-state index in [1.54, 1.807) is 13.1 Å². The van der Waals surface area contributed by atoms with Gasteiger partial charge in [0.25, 0.3) is 5.91 Å². The summed E-state index contributed by atoms with van der Waals surface area (Å²) in [6.45, 7) is 0. The number of nitrogens with one attached hydrogen (secondary N) is 2. The molecule has 2 aromatic carbocycles. The molecule has 4 N–H and O–H groups in total. The maximum atomic E-state index is 11.4. The van der Waals surface area contributed by atoms with Gasteiger partial charge in [-0.25, -0.2) is 5.84 Å². The molecule has 0 aliphatic carbocycles. The Kier molecular flexibility index (Phi) is 3.60. The molecule has 92 valence electrons. The minimum Gasteiger partial charge on any atom is -0.384 e. The molecule has 0 saturated carbocycles. The van der Waals surface area contributed by atoms with E-state index in [0.29, 0.717) is 5.70 Å². The molecule has 0 spiro atoms. The van der Waals surface area contributed by atoms with Crippen molar-refractivity contribution < 1.29 is 4.79 Å². The average molecular weight is 241 g/mol. The Morgan fingerprint density at radius 3 is 2.56 bits per heavy atom. The van der Waals surface area contributed by atoms with Gasteiger partial charge in [-0.15, -0.1) is 0 Å². The van der Waals surface area contributed by atoms with Crippen molar-refractivity contribution in [3.63, 3.8) is 0 Å². The molecule has 0 bridgehead atoms. The molecule has 4 heteroatoms. The summed E-state index contributed by atoms with van der Waals surface area (Å²) in [7, 11) is 1.68. The quantitative estimate of drug-likeness (QED) is 0.329. The summed E-state index contributed by atoms with van der Waals surface area (Å²) in [5.74, 6) is 4.77. The van der Waals surface area contributed by atoms with Gasteiger partial charge >= 0.3 is 0 Å². The molecule has 2 aromatic rings. The van der Waals surface area contributed by atoms with Crippen molar-refractivity contribution >= 4 is 22.8 Å². The molecule has 0 heterocycles. The number of amides is 1. The SMILES string of the molecule is CN/C(=C\c1ccc2ccccc2c1)C(=O)NN. The van der Waals surface area contributed by atoms with Gasteiger partial charge < -0.3 is 5.32 Å². The molecule has 0 aliphatic heterocycles. The molecule has 1 amide bonds. The normalized spacial score (nSPS) is 11.3. The summed E-state index contributed by atoms with van der Waals surface area (Å²) < 4.78 is 0. The van der Waals surface area contributed by atoms with Crippen molar-refractivity contribution in [3.05, 3.63) is 53.7 Å². The summed E-state index contributed by atoms with van der Waals surface area (Å²) in [5, 5.41) is 5.12. The lowest BCUT2D eigenvalue weighted by Gasteiger charge is -2.05. The maximum Gasteiger partial charge on any atom is 0.281 e. The zero-order valence-corrected chi connectivity index (χ0v) is 10.1. The number of nitrogens with two attached hydrogens (primary N) is 1. The summed E-state index contributed by atoms with van der Waals surface area (Å²) >= 11 is 0. The minimum atomic E-state index is -0.342. The summed E-state index contributed by atoms with van der Waals surface area (Å²) in [5.41, 5.74) is 3.47. The number of hydrogen-bond donors (Lipinski definition) is 3. The third-order valence-electron chi connectivity index (χ3n) is 2.73. The Labute approximate surface area is 105 Å². The van der Waals surface area contributed by atoms with E-state index in [-0.39, 0.29) is 5.91 Å². The van der Waals surface area contributed by atoms with Crippen LogP contribution in [0.5, 0.6) is 0 Å². The molecule has 0 aromatic heterocycles. The second kappa shape index (κ2) is 5.33. The van der Waals surface area contributed by atoms with Crippen LogP contribution in [-0.2, 0) is 4.79 Å². The predicted molar refractivity (Wildman–Crippen MR) is 73.3 cm³/mol. The van der Waals surface area contributed by atoms with Crippen LogP contribution in [0, 0.1) is 0 Å². The van der Waals surface area contributed by atoms with Crippen LogP contribution < -0.4 is 16.6 Å². The average Bonchev–Trinajstić information content (AvgIpc) is 2.43. The van der Waals surface area contributed by atoms with E-state index in [0.717, 1.165) is 10.9 Å². The van der Waals surface area contributed by atoms with E-state index in [1.807, 2.05) is 36.4 Å². The first-order chi connectivity index (χ1) is 8.74. The molecule has 0 saturated heterocycles. The third kappa shape index (κ3) is 2.49. The summed E-state index contributed by atoms with van der Waals surface area (Å²) in [6, 6.07) is 14.1. The Bertz CT molecular complexity index is 605. The number of hydrazine groups is 1. The van der Waals surface area contributed by atoms with Crippen molar-refractivity contribution in [2.24, 2.45) is 5.84 Å². The van der Waals surface area contributed by atoms with Crippen molar-refractivity contribution in [2.45, 2.75) is 0 Å². The van der Waals surface area contributed by atoms with E-state index >= 15 is 0 Å². The fourth-order valence-corrected chi connectivity index (χ4v) is 1.79. The first-order valence-corrected chi connectivity index (χ1v) is 5.64. The zero-order valence-electron chi connectivity index (χ0n) is 10.1. The molecule has 0 atom stereocenters.